The van der Waals surface area contributed by atoms with Gasteiger partial charge in [0, 0.05) is 23.0 Å². The fourth-order valence-corrected chi connectivity index (χ4v) is 3.39. The van der Waals surface area contributed by atoms with Gasteiger partial charge in [-0.05, 0) is 36.8 Å². The van der Waals surface area contributed by atoms with E-state index in [-0.39, 0.29) is 10.6 Å². The number of benzene rings is 2. The van der Waals surface area contributed by atoms with Crippen molar-refractivity contribution in [1.82, 2.24) is 4.98 Å². The molecule has 4 N–H and O–H groups in total. The average molecular weight is 346 g/mol. The first kappa shape index (κ1) is 16.5. The van der Waals surface area contributed by atoms with Crippen LogP contribution in [-0.4, -0.2) is 24.5 Å². The van der Waals surface area contributed by atoms with Gasteiger partial charge in [-0.2, -0.15) is 0 Å². The van der Waals surface area contributed by atoms with Crippen molar-refractivity contribution in [2.45, 2.75) is 18.2 Å². The van der Waals surface area contributed by atoms with Gasteiger partial charge in [0.25, 0.3) is 0 Å². The summed E-state index contributed by atoms with van der Waals surface area (Å²) in [5.41, 5.74) is 6.45. The molecular formula is C17H18N2O4S. The van der Waals surface area contributed by atoms with Gasteiger partial charge in [0.05, 0.1) is 11.4 Å². The van der Waals surface area contributed by atoms with E-state index in [0.29, 0.717) is 17.8 Å². The van der Waals surface area contributed by atoms with Crippen molar-refractivity contribution in [2.75, 3.05) is 6.54 Å². The average Bonchev–Trinajstić information content (AvgIpc) is 2.83. The Hall–Kier alpha value is -2.35. The third-order valence-electron chi connectivity index (χ3n) is 3.85. The Kier molecular flexibility index (Phi) is 4.31. The fraction of sp³-hybridized carbons (Fsp3) is 0.176. The van der Waals surface area contributed by atoms with E-state index < -0.39 is 10.1 Å². The van der Waals surface area contributed by atoms with E-state index in [0.717, 1.165) is 23.1 Å². The summed E-state index contributed by atoms with van der Waals surface area (Å²) in [7, 11) is -4.67. The molecule has 0 aliphatic rings. The van der Waals surface area contributed by atoms with Crippen molar-refractivity contribution in [3.05, 3.63) is 53.7 Å². The first-order chi connectivity index (χ1) is 11.4. The molecule has 0 spiro atoms. The van der Waals surface area contributed by atoms with Gasteiger partial charge in [-0.1, -0.05) is 18.2 Å². The summed E-state index contributed by atoms with van der Waals surface area (Å²) in [6.45, 7) is 2.62. The first-order valence-corrected chi connectivity index (χ1v) is 8.94. The molecule has 3 rings (SSSR count). The number of para-hydroxylation sites is 1. The lowest BCUT2D eigenvalue weighted by molar-refractivity contribution is -0.366. The Balaban J connectivity index is 2.22. The molecule has 3 aromatic rings. The van der Waals surface area contributed by atoms with E-state index in [1.807, 2.05) is 13.0 Å². The van der Waals surface area contributed by atoms with Gasteiger partial charge in [0.2, 0.25) is 0 Å². The molecule has 7 heteroatoms. The summed E-state index contributed by atoms with van der Waals surface area (Å²) in [4.78, 5) is 2.75. The molecule has 0 atom stereocenters. The monoisotopic (exact) mass is 346 g/mol. The number of nitrogens with one attached hydrogen (secondary N) is 1. The Morgan fingerprint density at radius 1 is 1.21 bits per heavy atom. The lowest BCUT2D eigenvalue weighted by atomic mass is 10.1. The van der Waals surface area contributed by atoms with Crippen LogP contribution in [0.5, 0.6) is 11.5 Å². The summed E-state index contributed by atoms with van der Waals surface area (Å²) in [5, 5.41) is 0.842. The second-order valence-corrected chi connectivity index (χ2v) is 6.89. The minimum atomic E-state index is -4.67. The number of aryl methyl sites for hydroxylation is 1. The quantitative estimate of drug-likeness (QED) is 0.688. The molecule has 0 saturated heterocycles. The second-order valence-electron chi connectivity index (χ2n) is 5.55. The van der Waals surface area contributed by atoms with Crippen molar-refractivity contribution in [2.24, 2.45) is 0 Å². The molecule has 0 bridgehead atoms. The van der Waals surface area contributed by atoms with Crippen molar-refractivity contribution < 1.29 is 23.4 Å². The molecule has 1 aromatic heterocycles. The number of aromatic nitrogens is 1. The molecule has 0 aliphatic carbocycles. The fourth-order valence-electron chi connectivity index (χ4n) is 2.78. The predicted molar refractivity (Wildman–Crippen MR) is 89.0 cm³/mol. The summed E-state index contributed by atoms with van der Waals surface area (Å²) in [6.07, 6.45) is 0.750. The van der Waals surface area contributed by atoms with Crippen LogP contribution < -0.4 is 10.5 Å². The molecule has 2 aromatic carbocycles. The zero-order chi connectivity index (χ0) is 17.3. The molecule has 126 valence electrons. The number of quaternary nitrogens is 1. The van der Waals surface area contributed by atoms with Gasteiger partial charge in [-0.15, -0.1) is 0 Å². The molecule has 1 heterocycles. The highest BCUT2D eigenvalue weighted by Gasteiger charge is 2.17. The molecule has 0 saturated carbocycles. The SMILES string of the molecule is Cc1[nH]c2cc(S(=O)(=O)[O-])c(Oc3ccccc3)cc2c1CC[NH3+]. The number of rotatable bonds is 5. The third-order valence-corrected chi connectivity index (χ3v) is 4.71. The first-order valence-electron chi connectivity index (χ1n) is 7.53. The van der Waals surface area contributed by atoms with Crippen molar-refractivity contribution in [3.63, 3.8) is 0 Å². The molecular weight excluding hydrogens is 328 g/mol. The smallest absolute Gasteiger partial charge is 0.145 e. The van der Waals surface area contributed by atoms with E-state index in [2.05, 4.69) is 10.7 Å². The Bertz CT molecular complexity index is 979. The van der Waals surface area contributed by atoms with E-state index >= 15 is 0 Å². The van der Waals surface area contributed by atoms with Crippen LogP contribution in [0.15, 0.2) is 47.4 Å². The van der Waals surface area contributed by atoms with Gasteiger partial charge in [-0.25, -0.2) is 8.42 Å². The maximum absolute atomic E-state index is 11.6. The zero-order valence-corrected chi connectivity index (χ0v) is 14.0. The maximum Gasteiger partial charge on any atom is 0.145 e. The Morgan fingerprint density at radius 3 is 2.54 bits per heavy atom. The van der Waals surface area contributed by atoms with Crippen LogP contribution in [0.1, 0.15) is 11.3 Å². The van der Waals surface area contributed by atoms with Crippen molar-refractivity contribution >= 4 is 21.0 Å². The lowest BCUT2D eigenvalue weighted by Crippen LogP contribution is -2.51. The summed E-state index contributed by atoms with van der Waals surface area (Å²) in [6, 6.07) is 11.7. The summed E-state index contributed by atoms with van der Waals surface area (Å²) < 4.78 is 40.6. The molecule has 0 aliphatic heterocycles. The van der Waals surface area contributed by atoms with Crippen LogP contribution in [-0.2, 0) is 16.5 Å². The van der Waals surface area contributed by atoms with Crippen LogP contribution in [0, 0.1) is 6.92 Å². The molecule has 0 radical (unpaired) electrons. The van der Waals surface area contributed by atoms with Gasteiger partial charge >= 0.3 is 0 Å². The van der Waals surface area contributed by atoms with Gasteiger partial charge in [0.15, 0.2) is 0 Å². The third kappa shape index (κ3) is 3.14. The van der Waals surface area contributed by atoms with E-state index in [1.54, 1.807) is 30.3 Å². The lowest BCUT2D eigenvalue weighted by Gasteiger charge is -2.14. The zero-order valence-electron chi connectivity index (χ0n) is 13.2. The van der Waals surface area contributed by atoms with Crippen LogP contribution in [0.4, 0.5) is 0 Å². The minimum Gasteiger partial charge on any atom is -0.744 e. The van der Waals surface area contributed by atoms with Crippen molar-refractivity contribution in [3.8, 4) is 11.5 Å². The predicted octanol–water partition coefficient (Wildman–Crippen LogP) is 1.96. The highest BCUT2D eigenvalue weighted by molar-refractivity contribution is 7.85. The molecule has 24 heavy (non-hydrogen) atoms. The summed E-state index contributed by atoms with van der Waals surface area (Å²) in [5.74, 6) is 0.501. The number of fused-ring (bicyclic) bond motifs is 1. The number of hydrogen-bond donors (Lipinski definition) is 2. The van der Waals surface area contributed by atoms with Gasteiger partial charge < -0.3 is 20.0 Å². The maximum atomic E-state index is 11.6. The van der Waals surface area contributed by atoms with Crippen LogP contribution in [0.25, 0.3) is 10.9 Å². The van der Waals surface area contributed by atoms with Crippen molar-refractivity contribution in [1.29, 1.82) is 0 Å². The largest absolute Gasteiger partial charge is 0.744 e. The standard InChI is InChI=1S/C17H18N2O4S/c1-11-13(7-8-18)14-9-16(23-12-5-3-2-4-6-12)17(24(20,21)22)10-15(14)19-11/h2-6,9-10,19H,7-8,18H2,1H3,(H,20,21,22). The molecule has 0 amide bonds. The van der Waals surface area contributed by atoms with Crippen LogP contribution in [0.3, 0.4) is 0 Å². The summed E-state index contributed by atoms with van der Waals surface area (Å²) >= 11 is 0. The van der Waals surface area contributed by atoms with E-state index in [4.69, 9.17) is 4.74 Å². The number of hydrogen-bond acceptors (Lipinski definition) is 4. The normalized spacial score (nSPS) is 11.8. The Morgan fingerprint density at radius 2 is 1.92 bits per heavy atom. The Labute approximate surface area is 140 Å². The van der Waals surface area contributed by atoms with Gasteiger partial charge in [0.1, 0.15) is 21.6 Å². The minimum absolute atomic E-state index is 0.0352. The van der Waals surface area contributed by atoms with Crippen LogP contribution in [0.2, 0.25) is 0 Å². The number of H-pyrrole nitrogens is 1. The van der Waals surface area contributed by atoms with Gasteiger partial charge in [-0.3, -0.25) is 0 Å². The number of aromatic amines is 1. The van der Waals surface area contributed by atoms with E-state index in [9.17, 15) is 13.0 Å². The van der Waals surface area contributed by atoms with Crippen LogP contribution >= 0.6 is 0 Å². The second kappa shape index (κ2) is 6.27. The molecule has 0 fully saturated rings. The number of ether oxygens (including phenoxy) is 1. The molecule has 0 unspecified atom stereocenters. The topological polar surface area (TPSA) is 110 Å². The van der Waals surface area contributed by atoms with E-state index in [1.165, 1.54) is 6.07 Å². The molecule has 6 nitrogen and oxygen atoms in total. The highest BCUT2D eigenvalue weighted by Crippen LogP contribution is 2.35. The highest BCUT2D eigenvalue weighted by atomic mass is 32.2.